The highest BCUT2D eigenvalue weighted by Crippen LogP contribution is 2.43. The maximum atomic E-state index is 12.1. The van der Waals surface area contributed by atoms with Crippen molar-refractivity contribution in [3.05, 3.63) is 29.8 Å². The summed E-state index contributed by atoms with van der Waals surface area (Å²) in [6.45, 7) is -2.79. The molecule has 0 saturated heterocycles. The van der Waals surface area contributed by atoms with Crippen LogP contribution in [0.3, 0.4) is 0 Å². The van der Waals surface area contributed by atoms with E-state index in [9.17, 15) is 8.78 Å². The van der Waals surface area contributed by atoms with Gasteiger partial charge in [0.2, 0.25) is 0 Å². The predicted molar refractivity (Wildman–Crippen MR) is 76.6 cm³/mol. The number of halogens is 2. The lowest BCUT2D eigenvalue weighted by Gasteiger charge is -2.26. The maximum Gasteiger partial charge on any atom is 0.387 e. The van der Waals surface area contributed by atoms with E-state index in [1.165, 1.54) is 6.42 Å². The monoisotopic (exact) mass is 295 g/mol. The molecule has 21 heavy (non-hydrogen) atoms. The average Bonchev–Trinajstić information content (AvgIpc) is 3.13. The first kappa shape index (κ1) is 14.1. The van der Waals surface area contributed by atoms with Crippen LogP contribution in [0, 0.1) is 0 Å². The van der Waals surface area contributed by atoms with Gasteiger partial charge < -0.3 is 15.8 Å². The third kappa shape index (κ3) is 3.62. The van der Waals surface area contributed by atoms with E-state index in [2.05, 4.69) is 15.0 Å². The van der Waals surface area contributed by atoms with Crippen molar-refractivity contribution in [2.75, 3.05) is 0 Å². The van der Waals surface area contributed by atoms with E-state index < -0.39 is 6.61 Å². The van der Waals surface area contributed by atoms with Gasteiger partial charge in [0.05, 0.1) is 6.04 Å². The summed E-state index contributed by atoms with van der Waals surface area (Å²) < 4.78 is 28.5. The number of benzene rings is 1. The third-order valence-electron chi connectivity index (χ3n) is 4.05. The lowest BCUT2D eigenvalue weighted by molar-refractivity contribution is -0.0498. The number of guanidine groups is 1. The molecular weight excluding hydrogens is 276 g/mol. The topological polar surface area (TPSA) is 59.6 Å². The molecule has 0 unspecified atom stereocenters. The summed E-state index contributed by atoms with van der Waals surface area (Å²) in [4.78, 5) is 4.47. The molecule has 2 aliphatic rings. The third-order valence-corrected chi connectivity index (χ3v) is 4.05. The van der Waals surface area contributed by atoms with Gasteiger partial charge in [-0.15, -0.1) is 0 Å². The molecule has 6 heteroatoms. The van der Waals surface area contributed by atoms with Crippen molar-refractivity contribution >= 4 is 5.96 Å². The van der Waals surface area contributed by atoms with Crippen molar-refractivity contribution in [2.45, 2.75) is 50.3 Å². The number of ether oxygens (including phenoxy) is 1. The van der Waals surface area contributed by atoms with E-state index in [-0.39, 0.29) is 11.8 Å². The molecular formula is C15H19F2N3O. The van der Waals surface area contributed by atoms with Gasteiger partial charge in [-0.3, -0.25) is 0 Å². The fourth-order valence-electron chi connectivity index (χ4n) is 2.56. The lowest BCUT2D eigenvalue weighted by Crippen LogP contribution is -2.43. The van der Waals surface area contributed by atoms with Gasteiger partial charge in [-0.2, -0.15) is 8.78 Å². The van der Waals surface area contributed by atoms with Crippen LogP contribution >= 0.6 is 0 Å². The van der Waals surface area contributed by atoms with Crippen molar-refractivity contribution in [2.24, 2.45) is 10.7 Å². The molecule has 1 aromatic carbocycles. The first-order valence-corrected chi connectivity index (χ1v) is 7.26. The van der Waals surface area contributed by atoms with E-state index in [0.717, 1.165) is 24.8 Å². The van der Waals surface area contributed by atoms with Crippen molar-refractivity contribution in [3.63, 3.8) is 0 Å². The Bertz CT molecular complexity index is 514. The minimum absolute atomic E-state index is 0.181. The Balaban J connectivity index is 1.53. The molecule has 3 rings (SSSR count). The fraction of sp³-hybridized carbons (Fsp3) is 0.533. The Morgan fingerprint density at radius 2 is 2.00 bits per heavy atom. The number of rotatable bonds is 5. The zero-order valence-electron chi connectivity index (χ0n) is 11.6. The van der Waals surface area contributed by atoms with Crippen LogP contribution in [0.25, 0.3) is 0 Å². The van der Waals surface area contributed by atoms with Gasteiger partial charge in [0.15, 0.2) is 5.96 Å². The van der Waals surface area contributed by atoms with Crippen LogP contribution in [0.2, 0.25) is 0 Å². The second kappa shape index (κ2) is 5.87. The van der Waals surface area contributed by atoms with Gasteiger partial charge in [0.25, 0.3) is 0 Å². The molecule has 1 aromatic rings. The van der Waals surface area contributed by atoms with Crippen LogP contribution < -0.4 is 15.8 Å². The number of alkyl halides is 2. The summed E-state index contributed by atoms with van der Waals surface area (Å²) in [7, 11) is 0. The standard InChI is InChI=1S/C15H19F2N3O/c16-14(17)21-11-6-4-9(5-7-11)12-8-13(12)20-15(18)19-10-2-1-3-10/h4-7,10,12-14H,1-3,8H2,(H3,18,19,20)/t12-,13+/m0/s1. The molecule has 2 fully saturated rings. The Morgan fingerprint density at radius 3 is 2.57 bits per heavy atom. The number of aliphatic imine (C=N–C) groups is 1. The molecule has 114 valence electrons. The molecule has 4 nitrogen and oxygen atoms in total. The van der Waals surface area contributed by atoms with E-state index in [0.29, 0.717) is 17.9 Å². The lowest BCUT2D eigenvalue weighted by atomic mass is 9.93. The number of hydrogen-bond acceptors (Lipinski definition) is 2. The van der Waals surface area contributed by atoms with Crippen LogP contribution in [0.15, 0.2) is 29.3 Å². The van der Waals surface area contributed by atoms with Gasteiger partial charge in [-0.25, -0.2) is 4.99 Å². The fourth-order valence-corrected chi connectivity index (χ4v) is 2.56. The molecule has 0 aliphatic heterocycles. The minimum atomic E-state index is -2.79. The molecule has 2 aliphatic carbocycles. The van der Waals surface area contributed by atoms with Crippen LogP contribution in [0.4, 0.5) is 8.78 Å². The molecule has 0 amide bonds. The minimum Gasteiger partial charge on any atom is -0.435 e. The average molecular weight is 295 g/mol. The quantitative estimate of drug-likeness (QED) is 0.648. The van der Waals surface area contributed by atoms with Crippen LogP contribution in [0.5, 0.6) is 5.75 Å². The smallest absolute Gasteiger partial charge is 0.387 e. The Kier molecular flexibility index (Phi) is 3.94. The molecule has 0 aromatic heterocycles. The highest BCUT2D eigenvalue weighted by Gasteiger charge is 2.38. The summed E-state index contributed by atoms with van der Waals surface area (Å²) in [6, 6.07) is 7.43. The van der Waals surface area contributed by atoms with Gasteiger partial charge in [-0.1, -0.05) is 12.1 Å². The van der Waals surface area contributed by atoms with Gasteiger partial charge in [0, 0.05) is 12.0 Å². The predicted octanol–water partition coefficient (Wildman–Crippen LogP) is 2.60. The molecule has 0 bridgehead atoms. The first-order valence-electron chi connectivity index (χ1n) is 7.26. The zero-order valence-corrected chi connectivity index (χ0v) is 11.6. The van der Waals surface area contributed by atoms with E-state index in [4.69, 9.17) is 5.73 Å². The number of nitrogens with zero attached hydrogens (tertiary/aromatic N) is 1. The molecule has 2 saturated carbocycles. The van der Waals surface area contributed by atoms with Crippen LogP contribution in [-0.2, 0) is 0 Å². The number of nitrogens with two attached hydrogens (primary N) is 1. The van der Waals surface area contributed by atoms with Crippen molar-refractivity contribution in [3.8, 4) is 5.75 Å². The summed E-state index contributed by atoms with van der Waals surface area (Å²) in [6.07, 6.45) is 4.53. The second-order valence-corrected chi connectivity index (χ2v) is 5.64. The van der Waals surface area contributed by atoms with Crippen molar-refractivity contribution < 1.29 is 13.5 Å². The maximum absolute atomic E-state index is 12.1. The van der Waals surface area contributed by atoms with E-state index >= 15 is 0 Å². The first-order chi connectivity index (χ1) is 10.1. The Hall–Kier alpha value is -1.85. The molecule has 0 spiro atoms. The zero-order chi connectivity index (χ0) is 14.8. The normalized spacial score (nSPS) is 25.6. The number of hydrogen-bond donors (Lipinski definition) is 2. The van der Waals surface area contributed by atoms with E-state index in [1.54, 1.807) is 12.1 Å². The Labute approximate surface area is 122 Å². The van der Waals surface area contributed by atoms with Crippen LogP contribution in [-0.4, -0.2) is 24.7 Å². The molecule has 0 radical (unpaired) electrons. The van der Waals surface area contributed by atoms with Gasteiger partial charge in [-0.05, 0) is 43.4 Å². The highest BCUT2D eigenvalue weighted by atomic mass is 19.3. The second-order valence-electron chi connectivity index (χ2n) is 5.64. The van der Waals surface area contributed by atoms with Crippen LogP contribution in [0.1, 0.15) is 37.2 Å². The largest absolute Gasteiger partial charge is 0.435 e. The summed E-state index contributed by atoms with van der Waals surface area (Å²) >= 11 is 0. The van der Waals surface area contributed by atoms with Gasteiger partial charge in [0.1, 0.15) is 5.75 Å². The molecule has 3 N–H and O–H groups in total. The SMILES string of the molecule is NC(=N[C@@H]1C[C@H]1c1ccc(OC(F)F)cc1)NC1CCC1. The van der Waals surface area contributed by atoms with E-state index in [1.807, 2.05) is 12.1 Å². The number of nitrogens with one attached hydrogen (secondary N) is 1. The molecule has 2 atom stereocenters. The summed E-state index contributed by atoms with van der Waals surface area (Å²) in [5.74, 6) is 1.03. The Morgan fingerprint density at radius 1 is 1.29 bits per heavy atom. The summed E-state index contributed by atoms with van der Waals surface area (Å²) in [5.41, 5.74) is 6.96. The van der Waals surface area contributed by atoms with Crippen molar-refractivity contribution in [1.82, 2.24) is 5.32 Å². The molecule has 0 heterocycles. The van der Waals surface area contributed by atoms with Gasteiger partial charge >= 0.3 is 6.61 Å². The summed E-state index contributed by atoms with van der Waals surface area (Å²) in [5, 5.41) is 3.21. The van der Waals surface area contributed by atoms with Crippen molar-refractivity contribution in [1.29, 1.82) is 0 Å². The highest BCUT2D eigenvalue weighted by molar-refractivity contribution is 5.78.